The molecule has 1 fully saturated rings. The van der Waals surface area contributed by atoms with E-state index in [1.54, 1.807) is 6.92 Å². The van der Waals surface area contributed by atoms with Gasteiger partial charge in [-0.2, -0.15) is 0 Å². The molecule has 0 radical (unpaired) electrons. The average molecular weight is 216 g/mol. The zero-order valence-corrected chi connectivity index (χ0v) is 10.0. The first-order valence-corrected chi connectivity index (χ1v) is 6.34. The van der Waals surface area contributed by atoms with Crippen molar-refractivity contribution in [3.63, 3.8) is 0 Å². The second kappa shape index (κ2) is 5.29. The van der Waals surface area contributed by atoms with Crippen LogP contribution in [-0.4, -0.2) is 5.78 Å². The Morgan fingerprint density at radius 1 is 1.19 bits per heavy atom. The van der Waals surface area contributed by atoms with Crippen molar-refractivity contribution < 1.29 is 4.79 Å². The molecule has 86 valence electrons. The molecule has 0 bridgehead atoms. The van der Waals surface area contributed by atoms with Gasteiger partial charge in [0.15, 0.2) is 0 Å². The molecule has 0 N–H and O–H groups in total. The molecule has 2 rings (SSSR count). The highest BCUT2D eigenvalue weighted by Gasteiger charge is 2.18. The largest absolute Gasteiger partial charge is 0.300 e. The molecule has 0 atom stereocenters. The summed E-state index contributed by atoms with van der Waals surface area (Å²) in [6, 6.07) is 8.48. The van der Waals surface area contributed by atoms with Crippen LogP contribution in [0.2, 0.25) is 0 Å². The Morgan fingerprint density at radius 3 is 2.56 bits per heavy atom. The molecular formula is C15H20O. The van der Waals surface area contributed by atoms with Crippen molar-refractivity contribution in [3.05, 3.63) is 35.4 Å². The summed E-state index contributed by atoms with van der Waals surface area (Å²) >= 11 is 0. The van der Waals surface area contributed by atoms with E-state index in [1.165, 1.54) is 43.2 Å². The number of rotatable bonds is 3. The fourth-order valence-electron chi connectivity index (χ4n) is 2.78. The molecule has 0 aromatic heterocycles. The quantitative estimate of drug-likeness (QED) is 0.749. The Morgan fingerprint density at radius 2 is 1.88 bits per heavy atom. The van der Waals surface area contributed by atoms with Gasteiger partial charge in [-0.3, -0.25) is 4.79 Å². The number of carbonyl (C=O) groups excluding carboxylic acids is 1. The highest BCUT2D eigenvalue weighted by molar-refractivity contribution is 5.78. The smallest absolute Gasteiger partial charge is 0.134 e. The maximum Gasteiger partial charge on any atom is 0.134 e. The van der Waals surface area contributed by atoms with Crippen molar-refractivity contribution >= 4 is 5.78 Å². The lowest BCUT2D eigenvalue weighted by molar-refractivity contribution is -0.116. The van der Waals surface area contributed by atoms with Gasteiger partial charge in [-0.05, 0) is 36.8 Å². The third-order valence-electron chi connectivity index (χ3n) is 3.54. The first-order chi connectivity index (χ1) is 7.77. The van der Waals surface area contributed by atoms with E-state index in [0.29, 0.717) is 12.3 Å². The van der Waals surface area contributed by atoms with E-state index in [9.17, 15) is 4.79 Å². The second-order valence-corrected chi connectivity index (χ2v) is 4.91. The van der Waals surface area contributed by atoms with Gasteiger partial charge in [0.1, 0.15) is 5.78 Å². The predicted molar refractivity (Wildman–Crippen MR) is 66.7 cm³/mol. The van der Waals surface area contributed by atoms with Gasteiger partial charge in [0.25, 0.3) is 0 Å². The van der Waals surface area contributed by atoms with Gasteiger partial charge in [-0.15, -0.1) is 0 Å². The van der Waals surface area contributed by atoms with E-state index in [2.05, 4.69) is 18.2 Å². The Labute approximate surface area is 97.9 Å². The van der Waals surface area contributed by atoms with Gasteiger partial charge >= 0.3 is 0 Å². The summed E-state index contributed by atoms with van der Waals surface area (Å²) in [6.45, 7) is 1.68. The number of hydrogen-bond acceptors (Lipinski definition) is 1. The van der Waals surface area contributed by atoms with Crippen LogP contribution < -0.4 is 0 Å². The highest BCUT2D eigenvalue weighted by Crippen LogP contribution is 2.34. The SMILES string of the molecule is CC(=O)Cc1ccccc1C1CCCCC1. The second-order valence-electron chi connectivity index (χ2n) is 4.91. The van der Waals surface area contributed by atoms with Crippen molar-refractivity contribution in [1.82, 2.24) is 0 Å². The predicted octanol–water partition coefficient (Wildman–Crippen LogP) is 3.87. The lowest BCUT2D eigenvalue weighted by atomic mass is 9.81. The number of ketones is 1. The molecule has 1 aromatic carbocycles. The minimum absolute atomic E-state index is 0.267. The fourth-order valence-corrected chi connectivity index (χ4v) is 2.78. The Hall–Kier alpha value is -1.11. The van der Waals surface area contributed by atoms with Gasteiger partial charge in [-0.25, -0.2) is 0 Å². The van der Waals surface area contributed by atoms with Crippen LogP contribution in [0, 0.1) is 0 Å². The number of benzene rings is 1. The third kappa shape index (κ3) is 2.72. The number of Topliss-reactive ketones (excluding diaryl/α,β-unsaturated/α-hetero) is 1. The van der Waals surface area contributed by atoms with Crippen molar-refractivity contribution in [2.24, 2.45) is 0 Å². The molecule has 1 heteroatoms. The van der Waals surface area contributed by atoms with Gasteiger partial charge in [-0.1, -0.05) is 43.5 Å². The molecule has 16 heavy (non-hydrogen) atoms. The molecule has 1 aromatic rings. The van der Waals surface area contributed by atoms with Crippen LogP contribution in [0.25, 0.3) is 0 Å². The first-order valence-electron chi connectivity index (χ1n) is 6.34. The van der Waals surface area contributed by atoms with Crippen molar-refractivity contribution in [1.29, 1.82) is 0 Å². The van der Waals surface area contributed by atoms with E-state index in [1.807, 2.05) is 6.07 Å². The van der Waals surface area contributed by atoms with Crippen LogP contribution in [0.15, 0.2) is 24.3 Å². The fraction of sp³-hybridized carbons (Fsp3) is 0.533. The lowest BCUT2D eigenvalue weighted by Crippen LogP contribution is -2.09. The van der Waals surface area contributed by atoms with E-state index in [4.69, 9.17) is 0 Å². The Balaban J connectivity index is 2.20. The molecule has 1 aliphatic rings. The monoisotopic (exact) mass is 216 g/mol. The zero-order valence-electron chi connectivity index (χ0n) is 10.0. The summed E-state index contributed by atoms with van der Waals surface area (Å²) in [7, 11) is 0. The molecular weight excluding hydrogens is 196 g/mol. The van der Waals surface area contributed by atoms with Crippen LogP contribution in [0.3, 0.4) is 0 Å². The molecule has 0 aliphatic heterocycles. The topological polar surface area (TPSA) is 17.1 Å². The van der Waals surface area contributed by atoms with Gasteiger partial charge in [0.2, 0.25) is 0 Å². The molecule has 0 heterocycles. The lowest BCUT2D eigenvalue weighted by Gasteiger charge is -2.24. The standard InChI is InChI=1S/C15H20O/c1-12(16)11-14-9-5-6-10-15(14)13-7-3-2-4-8-13/h5-6,9-10,13H,2-4,7-8,11H2,1H3. The summed E-state index contributed by atoms with van der Waals surface area (Å²) in [6.07, 6.45) is 7.28. The van der Waals surface area contributed by atoms with Crippen LogP contribution in [0.1, 0.15) is 56.1 Å². The molecule has 0 unspecified atom stereocenters. The maximum atomic E-state index is 11.2. The number of hydrogen-bond donors (Lipinski definition) is 0. The van der Waals surface area contributed by atoms with Crippen molar-refractivity contribution in [2.45, 2.75) is 51.4 Å². The minimum Gasteiger partial charge on any atom is -0.300 e. The Kier molecular flexibility index (Phi) is 3.76. The molecule has 1 aliphatic carbocycles. The normalized spacial score (nSPS) is 17.3. The van der Waals surface area contributed by atoms with Crippen molar-refractivity contribution in [2.75, 3.05) is 0 Å². The van der Waals surface area contributed by atoms with Gasteiger partial charge < -0.3 is 0 Å². The number of carbonyl (C=O) groups is 1. The highest BCUT2D eigenvalue weighted by atomic mass is 16.1. The summed E-state index contributed by atoms with van der Waals surface area (Å²) in [5, 5.41) is 0. The zero-order chi connectivity index (χ0) is 11.4. The summed E-state index contributed by atoms with van der Waals surface area (Å²) < 4.78 is 0. The van der Waals surface area contributed by atoms with E-state index in [-0.39, 0.29) is 5.78 Å². The minimum atomic E-state index is 0.267. The van der Waals surface area contributed by atoms with E-state index < -0.39 is 0 Å². The molecule has 0 spiro atoms. The molecule has 1 nitrogen and oxygen atoms in total. The summed E-state index contributed by atoms with van der Waals surface area (Å²) in [5.74, 6) is 0.965. The van der Waals surface area contributed by atoms with E-state index in [0.717, 1.165) is 0 Å². The van der Waals surface area contributed by atoms with E-state index >= 15 is 0 Å². The average Bonchev–Trinajstić information content (AvgIpc) is 2.30. The first kappa shape index (κ1) is 11.4. The van der Waals surface area contributed by atoms with Gasteiger partial charge in [0, 0.05) is 6.42 Å². The van der Waals surface area contributed by atoms with Crippen LogP contribution in [-0.2, 0) is 11.2 Å². The summed E-state index contributed by atoms with van der Waals surface area (Å²) in [5.41, 5.74) is 2.68. The molecule has 1 saturated carbocycles. The molecule has 0 amide bonds. The van der Waals surface area contributed by atoms with Crippen molar-refractivity contribution in [3.8, 4) is 0 Å². The van der Waals surface area contributed by atoms with Crippen LogP contribution >= 0.6 is 0 Å². The van der Waals surface area contributed by atoms with Crippen LogP contribution in [0.5, 0.6) is 0 Å². The summed E-state index contributed by atoms with van der Waals surface area (Å²) in [4.78, 5) is 11.2. The van der Waals surface area contributed by atoms with Crippen LogP contribution in [0.4, 0.5) is 0 Å². The molecule has 0 saturated heterocycles. The third-order valence-corrected chi connectivity index (χ3v) is 3.54. The Bertz CT molecular complexity index is 361. The maximum absolute atomic E-state index is 11.2. The van der Waals surface area contributed by atoms with Gasteiger partial charge in [0.05, 0.1) is 0 Å².